The van der Waals surface area contributed by atoms with E-state index in [9.17, 15) is 0 Å². The minimum absolute atomic E-state index is 0. The van der Waals surface area contributed by atoms with Gasteiger partial charge in [0.2, 0.25) is 4.52 Å². The molecule has 0 aromatic carbocycles. The summed E-state index contributed by atoms with van der Waals surface area (Å²) in [7, 11) is 0. The van der Waals surface area contributed by atoms with Gasteiger partial charge in [0.1, 0.15) is 0 Å². The van der Waals surface area contributed by atoms with Crippen LogP contribution in [-0.4, -0.2) is 36.9 Å². The van der Waals surface area contributed by atoms with Gasteiger partial charge in [-0.15, -0.1) is 0 Å². The van der Waals surface area contributed by atoms with E-state index in [1.165, 1.54) is 0 Å². The normalized spacial score (nSPS) is 10.3. The van der Waals surface area contributed by atoms with Gasteiger partial charge in [-0.3, -0.25) is 0 Å². The van der Waals surface area contributed by atoms with Crippen LogP contribution < -0.4 is 0 Å². The predicted molar refractivity (Wildman–Crippen MR) is 35.5 cm³/mol. The van der Waals surface area contributed by atoms with Crippen molar-refractivity contribution in [3.63, 3.8) is 0 Å². The Hall–Kier alpha value is 1.46. The molecule has 0 amide bonds. The number of hydrogen-bond acceptors (Lipinski definition) is 1. The van der Waals surface area contributed by atoms with E-state index in [0.29, 0.717) is 6.42 Å². The molecule has 0 aliphatic carbocycles. The van der Waals surface area contributed by atoms with E-state index < -0.39 is 4.52 Å². The van der Waals surface area contributed by atoms with Gasteiger partial charge in [0.05, 0.1) is 0 Å². The third kappa shape index (κ3) is 11.2. The van der Waals surface area contributed by atoms with Gasteiger partial charge in [-0.05, 0) is 0 Å². The van der Waals surface area contributed by atoms with E-state index in [1.807, 2.05) is 0 Å². The van der Waals surface area contributed by atoms with Gasteiger partial charge in [0.25, 0.3) is 0 Å². The van der Waals surface area contributed by atoms with Crippen molar-refractivity contribution in [1.82, 2.24) is 0 Å². The molecule has 2 radical (unpaired) electrons. The fourth-order valence-electron chi connectivity index (χ4n) is 0. The molecule has 0 rings (SSSR count). The average Bonchev–Trinajstić information content (AvgIpc) is 1.35. The monoisotopic (exact) mass is 338 g/mol. The van der Waals surface area contributed by atoms with E-state index in [1.54, 1.807) is 6.92 Å². The van der Waals surface area contributed by atoms with Crippen molar-refractivity contribution in [3.8, 4) is 0 Å². The molecule has 1 N–H and O–H groups in total. The maximum atomic E-state index is 8.36. The van der Waals surface area contributed by atoms with Crippen LogP contribution in [-0.2, 0) is 0 Å². The van der Waals surface area contributed by atoms with Crippen molar-refractivity contribution in [2.24, 2.45) is 0 Å². The van der Waals surface area contributed by atoms with Crippen molar-refractivity contribution >= 4 is 50.5 Å². The third-order valence-electron chi connectivity index (χ3n) is 0.425. The predicted octanol–water partition coefficient (Wildman–Crippen LogP) is 0.604. The molecular formula is C3H8Cl2OPb. The molecule has 0 saturated heterocycles. The van der Waals surface area contributed by atoms with E-state index in [2.05, 4.69) is 0 Å². The SMILES string of the molecule is CCC(O)(Cl)Cl.[PbH2]. The Bertz CT molecular complexity index is 42.7. The van der Waals surface area contributed by atoms with E-state index in [-0.39, 0.29) is 27.3 Å². The van der Waals surface area contributed by atoms with Crippen molar-refractivity contribution in [1.29, 1.82) is 0 Å². The maximum absolute atomic E-state index is 8.36. The van der Waals surface area contributed by atoms with Crippen molar-refractivity contribution < 1.29 is 5.11 Å². The molecule has 0 spiro atoms. The fraction of sp³-hybridized carbons (Fsp3) is 1.00. The van der Waals surface area contributed by atoms with Crippen LogP contribution in [0.4, 0.5) is 0 Å². The van der Waals surface area contributed by atoms with E-state index in [4.69, 9.17) is 28.3 Å². The molecular weight excluding hydrogens is 330 g/mol. The molecule has 0 fully saturated rings. The second kappa shape index (κ2) is 4.35. The Morgan fingerprint density at radius 3 is 1.71 bits per heavy atom. The summed E-state index contributed by atoms with van der Waals surface area (Å²) < 4.78 is -1.51. The summed E-state index contributed by atoms with van der Waals surface area (Å²) in [6.07, 6.45) is 0.357. The summed E-state index contributed by atoms with van der Waals surface area (Å²) in [5, 5.41) is 8.36. The van der Waals surface area contributed by atoms with Gasteiger partial charge in [0.15, 0.2) is 0 Å². The third-order valence-corrected chi connectivity index (χ3v) is 0.960. The van der Waals surface area contributed by atoms with Crippen LogP contribution in [0.15, 0.2) is 0 Å². The molecule has 7 heavy (non-hydrogen) atoms. The topological polar surface area (TPSA) is 20.2 Å². The zero-order valence-electron chi connectivity index (χ0n) is 4.12. The van der Waals surface area contributed by atoms with Gasteiger partial charge in [-0.25, -0.2) is 0 Å². The molecule has 0 atom stereocenters. The molecule has 4 heteroatoms. The Balaban J connectivity index is 0. The van der Waals surface area contributed by atoms with Crippen molar-refractivity contribution in [2.45, 2.75) is 17.9 Å². The van der Waals surface area contributed by atoms with Gasteiger partial charge < -0.3 is 5.11 Å². The van der Waals surface area contributed by atoms with Crippen LogP contribution in [0, 0.1) is 0 Å². The molecule has 1 nitrogen and oxygen atoms in total. The van der Waals surface area contributed by atoms with Gasteiger partial charge in [-0.2, -0.15) is 0 Å². The van der Waals surface area contributed by atoms with E-state index >= 15 is 0 Å². The zero-order chi connectivity index (χ0) is 5.21. The Labute approximate surface area is 73.2 Å². The molecule has 0 unspecified atom stereocenters. The van der Waals surface area contributed by atoms with Crippen molar-refractivity contribution in [3.05, 3.63) is 0 Å². The van der Waals surface area contributed by atoms with Gasteiger partial charge in [-0.1, -0.05) is 30.1 Å². The summed E-state index contributed by atoms with van der Waals surface area (Å²) in [6.45, 7) is 1.69. The molecule has 0 heterocycles. The second-order valence-electron chi connectivity index (χ2n) is 1.02. The van der Waals surface area contributed by atoms with Crippen LogP contribution in [0.1, 0.15) is 13.3 Å². The summed E-state index contributed by atoms with van der Waals surface area (Å²) in [4.78, 5) is 0. The summed E-state index contributed by atoms with van der Waals surface area (Å²) in [5.74, 6) is 0. The first kappa shape index (κ1) is 11.3. The van der Waals surface area contributed by atoms with Crippen LogP contribution in [0.5, 0.6) is 0 Å². The van der Waals surface area contributed by atoms with E-state index in [0.717, 1.165) is 0 Å². The Kier molecular flexibility index (Phi) is 7.01. The second-order valence-corrected chi connectivity index (χ2v) is 2.46. The minimum atomic E-state index is -1.51. The quantitative estimate of drug-likeness (QED) is 0.549. The summed E-state index contributed by atoms with van der Waals surface area (Å²) in [5.41, 5.74) is 0. The fourth-order valence-corrected chi connectivity index (χ4v) is 0. The Morgan fingerprint density at radius 1 is 1.57 bits per heavy atom. The number of hydrogen-bond donors (Lipinski definition) is 1. The number of alkyl halides is 2. The summed E-state index contributed by atoms with van der Waals surface area (Å²) in [6, 6.07) is 0. The molecule has 0 aromatic rings. The first-order chi connectivity index (χ1) is 2.56. The summed E-state index contributed by atoms with van der Waals surface area (Å²) >= 11 is 10.1. The molecule has 0 aliphatic rings. The molecule has 0 aromatic heterocycles. The Morgan fingerprint density at radius 2 is 1.71 bits per heavy atom. The van der Waals surface area contributed by atoms with Crippen LogP contribution in [0.3, 0.4) is 0 Å². The van der Waals surface area contributed by atoms with Crippen LogP contribution in [0.2, 0.25) is 0 Å². The molecule has 0 bridgehead atoms. The first-order valence-corrected chi connectivity index (χ1v) is 2.42. The van der Waals surface area contributed by atoms with Crippen LogP contribution in [0.25, 0.3) is 0 Å². The van der Waals surface area contributed by atoms with Crippen LogP contribution >= 0.6 is 23.2 Å². The van der Waals surface area contributed by atoms with Crippen molar-refractivity contribution in [2.75, 3.05) is 0 Å². The molecule has 0 saturated carbocycles. The van der Waals surface area contributed by atoms with Gasteiger partial charge >= 0.3 is 27.3 Å². The number of halogens is 2. The zero-order valence-corrected chi connectivity index (χ0v) is 11.1. The number of aliphatic hydroxyl groups is 1. The first-order valence-electron chi connectivity index (χ1n) is 1.66. The standard InChI is InChI=1S/C3H6Cl2O.Pb.2H/c1-2-3(4,5)6;;;/h6H,2H2,1H3;;;. The number of rotatable bonds is 1. The average molecular weight is 338 g/mol. The molecule has 0 aliphatic heterocycles. The van der Waals surface area contributed by atoms with Gasteiger partial charge in [0, 0.05) is 6.42 Å². The molecule has 44 valence electrons.